The van der Waals surface area contributed by atoms with Gasteiger partial charge < -0.3 is 15.1 Å². The Kier molecular flexibility index (Phi) is 8.50. The fourth-order valence-corrected chi connectivity index (χ4v) is 3.98. The molecule has 1 aliphatic rings. The molecule has 1 fully saturated rings. The maximum Gasteiger partial charge on any atom is 0.213 e. The summed E-state index contributed by atoms with van der Waals surface area (Å²) in [6.07, 6.45) is 0.666. The normalized spacial score (nSPS) is 16.0. The van der Waals surface area contributed by atoms with Crippen molar-refractivity contribution >= 4 is 21.7 Å². The molecule has 158 valence electrons. The molecule has 0 spiro atoms. The first kappa shape index (κ1) is 22.4. The predicted molar refractivity (Wildman–Crippen MR) is 113 cm³/mol. The monoisotopic (exact) mass is 413 g/mol. The summed E-state index contributed by atoms with van der Waals surface area (Å²) in [7, 11) is -1.54. The van der Waals surface area contributed by atoms with Gasteiger partial charge in [-0.3, -0.25) is 4.99 Å². The maximum absolute atomic E-state index is 14.0. The van der Waals surface area contributed by atoms with E-state index in [1.165, 1.54) is 10.4 Å². The van der Waals surface area contributed by atoms with Crippen LogP contribution in [0.5, 0.6) is 0 Å². The Bertz CT molecular complexity index is 748. The first-order chi connectivity index (χ1) is 13.4. The van der Waals surface area contributed by atoms with Crippen molar-refractivity contribution in [1.29, 1.82) is 0 Å². The van der Waals surface area contributed by atoms with Gasteiger partial charge in [-0.05, 0) is 32.4 Å². The molecule has 0 bridgehead atoms. The van der Waals surface area contributed by atoms with E-state index < -0.39 is 10.0 Å². The third kappa shape index (κ3) is 6.07. The van der Waals surface area contributed by atoms with Crippen LogP contribution in [0.1, 0.15) is 20.3 Å². The van der Waals surface area contributed by atoms with Crippen LogP contribution in [0.4, 0.5) is 10.1 Å². The van der Waals surface area contributed by atoms with Crippen molar-refractivity contribution in [1.82, 2.24) is 14.5 Å². The Morgan fingerprint density at radius 1 is 1.21 bits per heavy atom. The predicted octanol–water partition coefficient (Wildman–Crippen LogP) is 1.58. The van der Waals surface area contributed by atoms with Gasteiger partial charge >= 0.3 is 0 Å². The highest BCUT2D eigenvalue weighted by molar-refractivity contribution is 7.89. The van der Waals surface area contributed by atoms with Gasteiger partial charge in [0.25, 0.3) is 0 Å². The molecular weight excluding hydrogens is 381 g/mol. The first-order valence-corrected chi connectivity index (χ1v) is 11.5. The number of aliphatic imine (C=N–C) groups is 1. The molecule has 0 radical (unpaired) electrons. The molecule has 9 heteroatoms. The molecule has 7 nitrogen and oxygen atoms in total. The number of anilines is 1. The number of guanidine groups is 1. The molecule has 0 amide bonds. The number of para-hydroxylation sites is 1. The largest absolute Gasteiger partial charge is 0.366 e. The number of benzene rings is 1. The standard InChI is InChI=1S/C19H32FN5O2S/c1-4-21-19(22-11-8-12-23(3)28(26,27)5-2)25-15-13-24(14-16-25)18-10-7-6-9-17(18)20/h6-7,9-10H,4-5,8,11-16H2,1-3H3,(H,21,22). The van der Waals surface area contributed by atoms with E-state index in [9.17, 15) is 12.8 Å². The van der Waals surface area contributed by atoms with E-state index in [4.69, 9.17) is 0 Å². The van der Waals surface area contributed by atoms with E-state index in [0.29, 0.717) is 25.2 Å². The van der Waals surface area contributed by atoms with Crippen molar-refractivity contribution in [3.8, 4) is 0 Å². The van der Waals surface area contributed by atoms with Gasteiger partial charge in [-0.15, -0.1) is 0 Å². The number of piperazine rings is 1. The molecule has 1 heterocycles. The third-order valence-corrected chi connectivity index (χ3v) is 6.70. The van der Waals surface area contributed by atoms with Gasteiger partial charge in [0.2, 0.25) is 10.0 Å². The second kappa shape index (κ2) is 10.6. The minimum Gasteiger partial charge on any atom is -0.366 e. The molecule has 0 unspecified atom stereocenters. The summed E-state index contributed by atoms with van der Waals surface area (Å²) < 4.78 is 39.0. The van der Waals surface area contributed by atoms with Crippen molar-refractivity contribution in [2.45, 2.75) is 20.3 Å². The fraction of sp³-hybridized carbons (Fsp3) is 0.632. The summed E-state index contributed by atoms with van der Waals surface area (Å²) in [4.78, 5) is 8.88. The van der Waals surface area contributed by atoms with Crippen molar-refractivity contribution in [3.63, 3.8) is 0 Å². The van der Waals surface area contributed by atoms with Crippen LogP contribution in [0.25, 0.3) is 0 Å². The van der Waals surface area contributed by atoms with Crippen LogP contribution < -0.4 is 10.2 Å². The summed E-state index contributed by atoms with van der Waals surface area (Å²) in [6, 6.07) is 6.86. The Balaban J connectivity index is 1.88. The molecule has 1 saturated heterocycles. The van der Waals surface area contributed by atoms with Gasteiger partial charge in [0.05, 0.1) is 11.4 Å². The van der Waals surface area contributed by atoms with E-state index in [-0.39, 0.29) is 11.6 Å². The zero-order valence-electron chi connectivity index (χ0n) is 17.1. The molecule has 1 aromatic carbocycles. The topological polar surface area (TPSA) is 68.2 Å². The summed E-state index contributed by atoms with van der Waals surface area (Å²) >= 11 is 0. The van der Waals surface area contributed by atoms with Crippen molar-refractivity contribution in [2.24, 2.45) is 4.99 Å². The quantitative estimate of drug-likeness (QED) is 0.398. The first-order valence-electron chi connectivity index (χ1n) is 9.85. The Hall–Kier alpha value is -1.87. The van der Waals surface area contributed by atoms with Gasteiger partial charge in [0, 0.05) is 52.9 Å². The average molecular weight is 414 g/mol. The molecule has 0 aliphatic carbocycles. The zero-order valence-corrected chi connectivity index (χ0v) is 17.9. The fourth-order valence-electron chi connectivity index (χ4n) is 3.13. The molecule has 0 aromatic heterocycles. The molecule has 1 aromatic rings. The lowest BCUT2D eigenvalue weighted by Crippen LogP contribution is -2.52. The van der Waals surface area contributed by atoms with Crippen molar-refractivity contribution in [2.75, 3.05) is 63.5 Å². The van der Waals surface area contributed by atoms with Crippen LogP contribution in [-0.2, 0) is 10.0 Å². The smallest absolute Gasteiger partial charge is 0.213 e. The van der Waals surface area contributed by atoms with Crippen LogP contribution in [0, 0.1) is 5.82 Å². The zero-order chi connectivity index (χ0) is 20.6. The van der Waals surface area contributed by atoms with Crippen LogP contribution in [-0.4, -0.2) is 82.2 Å². The minimum atomic E-state index is -3.14. The number of nitrogens with one attached hydrogen (secondary N) is 1. The van der Waals surface area contributed by atoms with Gasteiger partial charge in [-0.2, -0.15) is 0 Å². The van der Waals surface area contributed by atoms with E-state index >= 15 is 0 Å². The maximum atomic E-state index is 14.0. The van der Waals surface area contributed by atoms with Gasteiger partial charge in [-0.1, -0.05) is 12.1 Å². The van der Waals surface area contributed by atoms with Crippen LogP contribution in [0.15, 0.2) is 29.3 Å². The lowest BCUT2D eigenvalue weighted by molar-refractivity contribution is 0.370. The molecule has 0 atom stereocenters. The van der Waals surface area contributed by atoms with E-state index in [2.05, 4.69) is 20.1 Å². The Morgan fingerprint density at radius 3 is 2.50 bits per heavy atom. The van der Waals surface area contributed by atoms with Crippen LogP contribution in [0.2, 0.25) is 0 Å². The highest BCUT2D eigenvalue weighted by atomic mass is 32.2. The number of sulfonamides is 1. The number of nitrogens with zero attached hydrogens (tertiary/aromatic N) is 4. The average Bonchev–Trinajstić information content (AvgIpc) is 2.70. The van der Waals surface area contributed by atoms with Crippen LogP contribution in [0.3, 0.4) is 0 Å². The highest BCUT2D eigenvalue weighted by Gasteiger charge is 2.21. The molecule has 0 saturated carbocycles. The number of hydrogen-bond acceptors (Lipinski definition) is 4. The van der Waals surface area contributed by atoms with Crippen LogP contribution >= 0.6 is 0 Å². The molecule has 1 N–H and O–H groups in total. The lowest BCUT2D eigenvalue weighted by Gasteiger charge is -2.37. The minimum absolute atomic E-state index is 0.113. The second-order valence-corrected chi connectivity index (χ2v) is 9.10. The summed E-state index contributed by atoms with van der Waals surface area (Å²) in [5, 5.41) is 3.30. The highest BCUT2D eigenvalue weighted by Crippen LogP contribution is 2.20. The number of halogens is 1. The Labute approximate surface area is 168 Å². The SMILES string of the molecule is CCNC(=NCCCN(C)S(=O)(=O)CC)N1CCN(c2ccccc2F)CC1. The van der Waals surface area contributed by atoms with E-state index in [0.717, 1.165) is 38.7 Å². The second-order valence-electron chi connectivity index (χ2n) is 6.74. The summed E-state index contributed by atoms with van der Waals surface area (Å²) in [5.74, 6) is 0.751. The van der Waals surface area contributed by atoms with Gasteiger partial charge in [-0.25, -0.2) is 17.1 Å². The Morgan fingerprint density at radius 2 is 1.89 bits per heavy atom. The summed E-state index contributed by atoms with van der Waals surface area (Å²) in [5.41, 5.74) is 0.643. The molecule has 2 rings (SSSR count). The molecule has 28 heavy (non-hydrogen) atoms. The van der Waals surface area contributed by atoms with Crippen molar-refractivity contribution < 1.29 is 12.8 Å². The van der Waals surface area contributed by atoms with Crippen molar-refractivity contribution in [3.05, 3.63) is 30.1 Å². The summed E-state index contributed by atoms with van der Waals surface area (Å²) in [6.45, 7) is 8.40. The third-order valence-electron chi connectivity index (χ3n) is 4.84. The molecular formula is C19H32FN5O2S. The number of hydrogen-bond donors (Lipinski definition) is 1. The number of rotatable bonds is 8. The van der Waals surface area contributed by atoms with E-state index in [1.807, 2.05) is 19.1 Å². The lowest BCUT2D eigenvalue weighted by atomic mass is 10.2. The van der Waals surface area contributed by atoms with E-state index in [1.54, 1.807) is 20.0 Å². The van der Waals surface area contributed by atoms with Gasteiger partial charge in [0.15, 0.2) is 5.96 Å². The molecule has 1 aliphatic heterocycles. The van der Waals surface area contributed by atoms with Gasteiger partial charge in [0.1, 0.15) is 5.82 Å².